The summed E-state index contributed by atoms with van der Waals surface area (Å²) >= 11 is 11.7. The Hall–Kier alpha value is -2.13. The summed E-state index contributed by atoms with van der Waals surface area (Å²) in [6.45, 7) is 1.43. The molecule has 0 aliphatic heterocycles. The van der Waals surface area contributed by atoms with Gasteiger partial charge in [0.1, 0.15) is 4.90 Å². The van der Waals surface area contributed by atoms with E-state index >= 15 is 0 Å². The van der Waals surface area contributed by atoms with Gasteiger partial charge in [-0.05, 0) is 36.4 Å². The summed E-state index contributed by atoms with van der Waals surface area (Å²) in [6.07, 6.45) is 0. The van der Waals surface area contributed by atoms with Crippen molar-refractivity contribution in [3.63, 3.8) is 0 Å². The quantitative estimate of drug-likeness (QED) is 0.588. The summed E-state index contributed by atoms with van der Waals surface area (Å²) in [4.78, 5) is 22.9. The lowest BCUT2D eigenvalue weighted by Crippen LogP contribution is -2.34. The Balaban J connectivity index is 1.88. The van der Waals surface area contributed by atoms with Gasteiger partial charge in [0, 0.05) is 31.3 Å². The second-order valence-electron chi connectivity index (χ2n) is 5.46. The van der Waals surface area contributed by atoms with Gasteiger partial charge in [-0.1, -0.05) is 29.3 Å². The molecule has 0 aromatic heterocycles. The van der Waals surface area contributed by atoms with Gasteiger partial charge in [0.25, 0.3) is 5.91 Å². The van der Waals surface area contributed by atoms with Crippen LogP contribution in [0.5, 0.6) is 0 Å². The summed E-state index contributed by atoms with van der Waals surface area (Å²) in [5.41, 5.74) is 0.954. The summed E-state index contributed by atoms with van der Waals surface area (Å²) in [6, 6.07) is 10.6. The van der Waals surface area contributed by atoms with Crippen LogP contribution in [0, 0.1) is 0 Å². The highest BCUT2D eigenvalue weighted by Gasteiger charge is 2.19. The molecule has 2 amide bonds. The Morgan fingerprint density at radius 2 is 1.67 bits per heavy atom. The molecule has 144 valence electrons. The van der Waals surface area contributed by atoms with Crippen molar-refractivity contribution in [2.45, 2.75) is 11.8 Å². The minimum absolute atomic E-state index is 0.0269. The fourth-order valence-electron chi connectivity index (χ4n) is 2.14. The van der Waals surface area contributed by atoms with Crippen LogP contribution in [-0.2, 0) is 14.8 Å². The third-order valence-electron chi connectivity index (χ3n) is 3.38. The first-order valence-corrected chi connectivity index (χ1v) is 10.0. The van der Waals surface area contributed by atoms with Gasteiger partial charge in [-0.25, -0.2) is 13.1 Å². The maximum atomic E-state index is 12.2. The first-order chi connectivity index (χ1) is 12.7. The van der Waals surface area contributed by atoms with Crippen molar-refractivity contribution in [2.24, 2.45) is 0 Å². The molecule has 0 bridgehead atoms. The standard InChI is InChI=1S/C17H17Cl2N3O4S/c1-11(23)22-13-7-5-12(6-8-13)17(24)20-9-10-21-27(25,26)15-4-2-3-14(18)16(15)19/h2-8,21H,9-10H2,1H3,(H,20,24)(H,22,23). The SMILES string of the molecule is CC(=O)Nc1ccc(C(=O)NCCNS(=O)(=O)c2cccc(Cl)c2Cl)cc1. The number of nitrogens with one attached hydrogen (secondary N) is 3. The van der Waals surface area contributed by atoms with Gasteiger partial charge in [0.05, 0.1) is 10.0 Å². The van der Waals surface area contributed by atoms with Crippen LogP contribution in [0.15, 0.2) is 47.4 Å². The van der Waals surface area contributed by atoms with Gasteiger partial charge in [0.2, 0.25) is 15.9 Å². The number of sulfonamides is 1. The molecule has 0 aliphatic rings. The zero-order chi connectivity index (χ0) is 20.0. The zero-order valence-corrected chi connectivity index (χ0v) is 16.6. The number of carbonyl (C=O) groups excluding carboxylic acids is 2. The molecule has 0 atom stereocenters. The summed E-state index contributed by atoms with van der Waals surface area (Å²) in [7, 11) is -3.85. The van der Waals surface area contributed by atoms with Crippen LogP contribution in [0.2, 0.25) is 10.0 Å². The average molecular weight is 430 g/mol. The van der Waals surface area contributed by atoms with Gasteiger partial charge in [-0.3, -0.25) is 9.59 Å². The molecule has 2 aromatic rings. The van der Waals surface area contributed by atoms with Crippen LogP contribution in [0.1, 0.15) is 17.3 Å². The van der Waals surface area contributed by atoms with Crippen LogP contribution in [0.25, 0.3) is 0 Å². The van der Waals surface area contributed by atoms with E-state index in [2.05, 4.69) is 15.4 Å². The van der Waals surface area contributed by atoms with Crippen molar-refractivity contribution in [2.75, 3.05) is 18.4 Å². The van der Waals surface area contributed by atoms with Crippen LogP contribution >= 0.6 is 23.2 Å². The number of carbonyl (C=O) groups is 2. The monoisotopic (exact) mass is 429 g/mol. The Bertz CT molecular complexity index is 947. The van der Waals surface area contributed by atoms with E-state index in [4.69, 9.17) is 23.2 Å². The number of hydrogen-bond acceptors (Lipinski definition) is 4. The number of rotatable bonds is 7. The third-order valence-corrected chi connectivity index (χ3v) is 5.81. The predicted molar refractivity (Wildman–Crippen MR) is 105 cm³/mol. The first kappa shape index (κ1) is 21.2. The number of halogens is 2. The molecule has 7 nitrogen and oxygen atoms in total. The van der Waals surface area contributed by atoms with E-state index in [1.165, 1.54) is 25.1 Å². The van der Waals surface area contributed by atoms with Gasteiger partial charge in [-0.2, -0.15) is 0 Å². The van der Waals surface area contributed by atoms with E-state index in [1.54, 1.807) is 24.3 Å². The molecule has 3 N–H and O–H groups in total. The summed E-state index contributed by atoms with van der Waals surface area (Å²) in [5.74, 6) is -0.580. The van der Waals surface area contributed by atoms with Crippen molar-refractivity contribution in [1.82, 2.24) is 10.0 Å². The number of anilines is 1. The smallest absolute Gasteiger partial charge is 0.251 e. The molecule has 2 aromatic carbocycles. The van der Waals surface area contributed by atoms with Gasteiger partial charge < -0.3 is 10.6 Å². The molecule has 0 saturated carbocycles. The van der Waals surface area contributed by atoms with E-state index in [0.717, 1.165) is 0 Å². The van der Waals surface area contributed by atoms with Crippen molar-refractivity contribution < 1.29 is 18.0 Å². The summed E-state index contributed by atoms with van der Waals surface area (Å²) in [5, 5.41) is 5.27. The second-order valence-corrected chi connectivity index (χ2v) is 7.98. The zero-order valence-electron chi connectivity index (χ0n) is 14.3. The maximum absolute atomic E-state index is 12.2. The van der Waals surface area contributed by atoms with Crippen LogP contribution in [0.4, 0.5) is 5.69 Å². The van der Waals surface area contributed by atoms with Gasteiger partial charge >= 0.3 is 0 Å². The van der Waals surface area contributed by atoms with E-state index < -0.39 is 10.0 Å². The highest BCUT2D eigenvalue weighted by Crippen LogP contribution is 2.28. The van der Waals surface area contributed by atoms with Gasteiger partial charge in [-0.15, -0.1) is 0 Å². The molecule has 0 aliphatic carbocycles. The average Bonchev–Trinajstić information content (AvgIpc) is 2.61. The molecule has 0 radical (unpaired) electrons. The number of hydrogen-bond donors (Lipinski definition) is 3. The Kier molecular flexibility index (Phi) is 7.20. The fraction of sp³-hybridized carbons (Fsp3) is 0.176. The van der Waals surface area contributed by atoms with Crippen LogP contribution < -0.4 is 15.4 Å². The number of amides is 2. The van der Waals surface area contributed by atoms with E-state index in [-0.39, 0.29) is 39.8 Å². The third kappa shape index (κ3) is 5.93. The molecule has 0 fully saturated rings. The lowest BCUT2D eigenvalue weighted by Gasteiger charge is -2.10. The van der Waals surface area contributed by atoms with E-state index in [1.807, 2.05) is 0 Å². The summed E-state index contributed by atoms with van der Waals surface area (Å²) < 4.78 is 26.8. The molecule has 2 rings (SSSR count). The topological polar surface area (TPSA) is 104 Å². The highest BCUT2D eigenvalue weighted by atomic mass is 35.5. The molecule has 0 unspecified atom stereocenters. The van der Waals surface area contributed by atoms with Crippen LogP contribution in [0.3, 0.4) is 0 Å². The largest absolute Gasteiger partial charge is 0.351 e. The molecule has 0 saturated heterocycles. The lowest BCUT2D eigenvalue weighted by molar-refractivity contribution is -0.114. The highest BCUT2D eigenvalue weighted by molar-refractivity contribution is 7.89. The van der Waals surface area contributed by atoms with Crippen molar-refractivity contribution in [1.29, 1.82) is 0 Å². The predicted octanol–water partition coefficient (Wildman–Crippen LogP) is 2.66. The maximum Gasteiger partial charge on any atom is 0.251 e. The normalized spacial score (nSPS) is 11.1. The Morgan fingerprint density at radius 1 is 1.00 bits per heavy atom. The van der Waals surface area contributed by atoms with Crippen molar-refractivity contribution >= 4 is 50.7 Å². The van der Waals surface area contributed by atoms with Crippen LogP contribution in [-0.4, -0.2) is 33.3 Å². The molecule has 0 heterocycles. The molecule has 0 spiro atoms. The lowest BCUT2D eigenvalue weighted by atomic mass is 10.2. The molecular formula is C17H17Cl2N3O4S. The van der Waals surface area contributed by atoms with Gasteiger partial charge in [0.15, 0.2) is 0 Å². The Labute approximate surface area is 167 Å². The van der Waals surface area contributed by atoms with Crippen molar-refractivity contribution in [3.05, 3.63) is 58.1 Å². The minimum atomic E-state index is -3.85. The van der Waals surface area contributed by atoms with E-state index in [0.29, 0.717) is 11.3 Å². The Morgan fingerprint density at radius 3 is 2.30 bits per heavy atom. The first-order valence-electron chi connectivity index (χ1n) is 7.80. The van der Waals surface area contributed by atoms with E-state index in [9.17, 15) is 18.0 Å². The minimum Gasteiger partial charge on any atom is -0.351 e. The molecular weight excluding hydrogens is 413 g/mol. The molecule has 10 heteroatoms. The molecule has 27 heavy (non-hydrogen) atoms. The second kappa shape index (κ2) is 9.18. The fourth-order valence-corrected chi connectivity index (χ4v) is 3.93. The van der Waals surface area contributed by atoms with Crippen molar-refractivity contribution in [3.8, 4) is 0 Å². The number of benzene rings is 2.